The number of halogens is 2. The minimum Gasteiger partial charge on any atom is -0.493 e. The molecule has 0 aliphatic carbocycles. The van der Waals surface area contributed by atoms with Gasteiger partial charge in [-0.15, -0.1) is 0 Å². The van der Waals surface area contributed by atoms with Gasteiger partial charge in [-0.3, -0.25) is 0 Å². The molecule has 0 unspecified atom stereocenters. The molecule has 0 saturated carbocycles. The Morgan fingerprint density at radius 1 is 0.707 bits per heavy atom. The maximum atomic E-state index is 13.8. The molecule has 0 amide bonds. The van der Waals surface area contributed by atoms with Gasteiger partial charge in [0.2, 0.25) is 5.69 Å². The van der Waals surface area contributed by atoms with Gasteiger partial charge in [0.25, 0.3) is 0 Å². The maximum Gasteiger partial charge on any atom is 0.217 e. The van der Waals surface area contributed by atoms with E-state index in [1.165, 1.54) is 24.3 Å². The molecular formula is C34H30F2NO4+. The van der Waals surface area contributed by atoms with Crippen molar-refractivity contribution in [2.45, 2.75) is 26.0 Å². The fourth-order valence-corrected chi connectivity index (χ4v) is 5.63. The number of nitrogens with zero attached hydrogens (tertiary/aromatic N) is 1. The lowest BCUT2D eigenvalue weighted by Gasteiger charge is -2.22. The molecule has 41 heavy (non-hydrogen) atoms. The molecule has 7 heteroatoms. The standard InChI is InChI=1S/C34H30F2NO4/c1-38-30-13-12-26-28(16-21-4-8-24(35)9-5-21)33-27-18-31(39-2)32(41-20-22-6-10-25(36)11-7-22)17-23(27)14-15-37(33)19-29(26)34(30)40-3/h4-13,17-19H,14-16,20H2,1-3H3/q+1. The van der Waals surface area contributed by atoms with E-state index in [1.54, 1.807) is 33.5 Å². The minimum absolute atomic E-state index is 0.266. The van der Waals surface area contributed by atoms with Crippen LogP contribution in [0.5, 0.6) is 23.0 Å². The van der Waals surface area contributed by atoms with Crippen molar-refractivity contribution in [2.24, 2.45) is 0 Å². The second-order valence-electron chi connectivity index (χ2n) is 10.0. The van der Waals surface area contributed by atoms with E-state index >= 15 is 0 Å². The number of benzene rings is 4. The molecular weight excluding hydrogens is 524 g/mol. The SMILES string of the molecule is COc1cc2c(cc1OCc1ccc(F)cc1)CC[n+]1cc3c(OC)c(OC)ccc3c(Cc3ccc(F)cc3)c1-2. The first-order valence-corrected chi connectivity index (χ1v) is 13.4. The highest BCUT2D eigenvalue weighted by Gasteiger charge is 2.31. The molecule has 0 spiro atoms. The van der Waals surface area contributed by atoms with Gasteiger partial charge < -0.3 is 18.9 Å². The second-order valence-corrected chi connectivity index (χ2v) is 10.0. The lowest BCUT2D eigenvalue weighted by Crippen LogP contribution is -2.41. The molecule has 0 atom stereocenters. The van der Waals surface area contributed by atoms with Gasteiger partial charge in [-0.1, -0.05) is 24.3 Å². The van der Waals surface area contributed by atoms with E-state index in [1.807, 2.05) is 30.3 Å². The van der Waals surface area contributed by atoms with Crippen LogP contribution in [0, 0.1) is 11.6 Å². The number of aryl methyl sites for hydroxylation is 2. The van der Waals surface area contributed by atoms with Crippen molar-refractivity contribution in [3.05, 3.63) is 113 Å². The smallest absolute Gasteiger partial charge is 0.217 e. The van der Waals surface area contributed by atoms with Gasteiger partial charge in [0.15, 0.2) is 35.7 Å². The Labute approximate surface area is 237 Å². The first-order chi connectivity index (χ1) is 20.0. The average Bonchev–Trinajstić information content (AvgIpc) is 3.00. The van der Waals surface area contributed by atoms with Gasteiger partial charge in [0, 0.05) is 23.8 Å². The summed E-state index contributed by atoms with van der Waals surface area (Å²) in [4.78, 5) is 0. The van der Waals surface area contributed by atoms with Crippen LogP contribution in [0.2, 0.25) is 0 Å². The number of hydrogen-bond donors (Lipinski definition) is 0. The van der Waals surface area contributed by atoms with E-state index < -0.39 is 0 Å². The van der Waals surface area contributed by atoms with Crippen LogP contribution in [-0.4, -0.2) is 21.3 Å². The predicted molar refractivity (Wildman–Crippen MR) is 153 cm³/mol. The van der Waals surface area contributed by atoms with Crippen molar-refractivity contribution in [3.8, 4) is 34.3 Å². The van der Waals surface area contributed by atoms with Crippen LogP contribution in [-0.2, 0) is 26.0 Å². The number of aromatic nitrogens is 1. The van der Waals surface area contributed by atoms with Crippen LogP contribution in [0.3, 0.4) is 0 Å². The van der Waals surface area contributed by atoms with Crippen molar-refractivity contribution in [3.63, 3.8) is 0 Å². The van der Waals surface area contributed by atoms with E-state index in [4.69, 9.17) is 18.9 Å². The molecule has 0 fully saturated rings. The molecule has 0 bridgehead atoms. The van der Waals surface area contributed by atoms with Crippen LogP contribution >= 0.6 is 0 Å². The molecule has 1 aliphatic rings. The van der Waals surface area contributed by atoms with Crippen LogP contribution in [0.25, 0.3) is 22.0 Å². The summed E-state index contributed by atoms with van der Waals surface area (Å²) < 4.78 is 52.7. The van der Waals surface area contributed by atoms with Gasteiger partial charge in [-0.05, 0) is 65.2 Å². The Hall–Kier alpha value is -4.65. The second kappa shape index (κ2) is 11.1. The molecule has 208 valence electrons. The number of hydrogen-bond acceptors (Lipinski definition) is 4. The molecule has 0 saturated heterocycles. The zero-order valence-corrected chi connectivity index (χ0v) is 23.2. The first kappa shape index (κ1) is 26.6. The quantitative estimate of drug-likeness (QED) is 0.197. The zero-order valence-electron chi connectivity index (χ0n) is 23.2. The molecule has 4 aromatic carbocycles. The Morgan fingerprint density at radius 2 is 1.39 bits per heavy atom. The minimum atomic E-state index is -0.281. The number of methoxy groups -OCH3 is 3. The summed E-state index contributed by atoms with van der Waals surface area (Å²) in [7, 11) is 4.90. The summed E-state index contributed by atoms with van der Waals surface area (Å²) in [6, 6.07) is 20.9. The van der Waals surface area contributed by atoms with Crippen molar-refractivity contribution in [1.82, 2.24) is 0 Å². The van der Waals surface area contributed by atoms with E-state index in [2.05, 4.69) is 16.8 Å². The van der Waals surface area contributed by atoms with E-state index in [-0.39, 0.29) is 11.6 Å². The average molecular weight is 555 g/mol. The van der Waals surface area contributed by atoms with Gasteiger partial charge in [-0.2, -0.15) is 4.57 Å². The molecule has 1 aromatic heterocycles. The first-order valence-electron chi connectivity index (χ1n) is 13.4. The van der Waals surface area contributed by atoms with E-state index in [0.29, 0.717) is 36.0 Å². The Kier molecular flexibility index (Phi) is 7.18. The van der Waals surface area contributed by atoms with Crippen LogP contribution < -0.4 is 23.5 Å². The van der Waals surface area contributed by atoms with Crippen LogP contribution in [0.1, 0.15) is 22.3 Å². The summed E-state index contributed by atoms with van der Waals surface area (Å²) in [5.41, 5.74) is 6.21. The lowest BCUT2D eigenvalue weighted by molar-refractivity contribution is -0.686. The third kappa shape index (κ3) is 5.04. The van der Waals surface area contributed by atoms with Crippen LogP contribution in [0.4, 0.5) is 8.78 Å². The monoisotopic (exact) mass is 554 g/mol. The third-order valence-electron chi connectivity index (χ3n) is 7.64. The summed E-state index contributed by atoms with van der Waals surface area (Å²) >= 11 is 0. The Bertz CT molecular complexity index is 1730. The summed E-state index contributed by atoms with van der Waals surface area (Å²) in [6.45, 7) is 1.04. The molecule has 5 aromatic rings. The molecule has 5 nitrogen and oxygen atoms in total. The number of rotatable bonds is 8. The van der Waals surface area contributed by atoms with Gasteiger partial charge in [0.1, 0.15) is 18.2 Å². The molecule has 1 aliphatic heterocycles. The fraction of sp³-hybridized carbons (Fsp3) is 0.206. The van der Waals surface area contributed by atoms with E-state index in [9.17, 15) is 8.78 Å². The summed E-state index contributed by atoms with van der Waals surface area (Å²) in [5.74, 6) is 2.03. The fourth-order valence-electron chi connectivity index (χ4n) is 5.63. The number of fused-ring (bicyclic) bond motifs is 4. The zero-order chi connectivity index (χ0) is 28.5. The van der Waals surface area contributed by atoms with Gasteiger partial charge in [0.05, 0.1) is 32.3 Å². The predicted octanol–water partition coefficient (Wildman–Crippen LogP) is 6.82. The highest BCUT2D eigenvalue weighted by Crippen LogP contribution is 2.43. The highest BCUT2D eigenvalue weighted by atomic mass is 19.1. The van der Waals surface area contributed by atoms with Gasteiger partial charge >= 0.3 is 0 Å². The van der Waals surface area contributed by atoms with Crippen molar-refractivity contribution >= 4 is 10.8 Å². The van der Waals surface area contributed by atoms with Crippen LogP contribution in [0.15, 0.2) is 79.0 Å². The molecule has 0 N–H and O–H groups in total. The van der Waals surface area contributed by atoms with E-state index in [0.717, 1.165) is 57.2 Å². The largest absolute Gasteiger partial charge is 0.493 e. The van der Waals surface area contributed by atoms with Crippen molar-refractivity contribution in [1.29, 1.82) is 0 Å². The third-order valence-corrected chi connectivity index (χ3v) is 7.64. The molecule has 6 rings (SSSR count). The Balaban J connectivity index is 1.50. The normalized spacial score (nSPS) is 12.0. The topological polar surface area (TPSA) is 40.8 Å². The number of ether oxygens (including phenoxy) is 4. The van der Waals surface area contributed by atoms with Crippen molar-refractivity contribution < 1.29 is 32.3 Å². The summed E-state index contributed by atoms with van der Waals surface area (Å²) in [5, 5.41) is 1.98. The maximum absolute atomic E-state index is 13.8. The van der Waals surface area contributed by atoms with Crippen molar-refractivity contribution in [2.75, 3.05) is 21.3 Å². The molecule has 0 radical (unpaired) electrons. The summed E-state index contributed by atoms with van der Waals surface area (Å²) in [6.07, 6.45) is 3.50. The highest BCUT2D eigenvalue weighted by molar-refractivity contribution is 5.95. The van der Waals surface area contributed by atoms with Gasteiger partial charge in [-0.25, -0.2) is 8.78 Å². The lowest BCUT2D eigenvalue weighted by atomic mass is 9.88. The molecule has 2 heterocycles. The Morgan fingerprint density at radius 3 is 2.05 bits per heavy atom. The number of pyridine rings is 1.